The Kier molecular flexibility index (Phi) is 5.04. The van der Waals surface area contributed by atoms with E-state index in [2.05, 4.69) is 12.2 Å². The third-order valence-electron chi connectivity index (χ3n) is 6.28. The van der Waals surface area contributed by atoms with Crippen molar-refractivity contribution in [2.75, 3.05) is 13.2 Å². The molecule has 2 atom stereocenters. The SMILES string of the molecule is CCNC1CC(OCC2CCCCC2)C12CCCCC2. The molecule has 0 aromatic carbocycles. The van der Waals surface area contributed by atoms with E-state index < -0.39 is 0 Å². The molecule has 3 fully saturated rings. The molecule has 116 valence electrons. The molecule has 0 aromatic heterocycles. The summed E-state index contributed by atoms with van der Waals surface area (Å²) in [5, 5.41) is 3.73. The van der Waals surface area contributed by atoms with Gasteiger partial charge in [-0.2, -0.15) is 0 Å². The monoisotopic (exact) mass is 279 g/mol. The van der Waals surface area contributed by atoms with Crippen LogP contribution >= 0.6 is 0 Å². The van der Waals surface area contributed by atoms with Crippen molar-refractivity contribution >= 4 is 0 Å². The van der Waals surface area contributed by atoms with Crippen LogP contribution in [0.4, 0.5) is 0 Å². The Labute approximate surface area is 125 Å². The van der Waals surface area contributed by atoms with Gasteiger partial charge in [-0.15, -0.1) is 0 Å². The van der Waals surface area contributed by atoms with E-state index in [0.717, 1.165) is 25.1 Å². The summed E-state index contributed by atoms with van der Waals surface area (Å²) in [5.74, 6) is 0.863. The lowest BCUT2D eigenvalue weighted by Gasteiger charge is -2.58. The standard InChI is InChI=1S/C18H33NO/c1-2-19-16-13-17(18(16)11-7-4-8-12-18)20-14-15-9-5-3-6-10-15/h15-17,19H,2-14H2,1H3. The largest absolute Gasteiger partial charge is 0.377 e. The maximum Gasteiger partial charge on any atom is 0.0661 e. The van der Waals surface area contributed by atoms with Gasteiger partial charge in [-0.1, -0.05) is 45.4 Å². The lowest BCUT2D eigenvalue weighted by molar-refractivity contribution is -0.159. The summed E-state index contributed by atoms with van der Waals surface area (Å²) in [6.07, 6.45) is 16.1. The highest BCUT2D eigenvalue weighted by Crippen LogP contribution is 2.53. The summed E-state index contributed by atoms with van der Waals surface area (Å²) in [4.78, 5) is 0. The fraction of sp³-hybridized carbons (Fsp3) is 1.00. The maximum absolute atomic E-state index is 6.45. The van der Waals surface area contributed by atoms with E-state index in [1.54, 1.807) is 0 Å². The fourth-order valence-corrected chi connectivity index (χ4v) is 5.00. The van der Waals surface area contributed by atoms with E-state index in [4.69, 9.17) is 4.74 Å². The summed E-state index contributed by atoms with van der Waals surface area (Å²) in [6, 6.07) is 0.740. The molecule has 2 unspecified atom stereocenters. The fourth-order valence-electron chi connectivity index (χ4n) is 5.00. The predicted molar refractivity (Wildman–Crippen MR) is 83.9 cm³/mol. The van der Waals surface area contributed by atoms with Crippen LogP contribution in [0.25, 0.3) is 0 Å². The molecule has 3 aliphatic carbocycles. The first-order valence-corrected chi connectivity index (χ1v) is 9.20. The minimum Gasteiger partial charge on any atom is -0.377 e. The Balaban J connectivity index is 1.52. The molecule has 3 aliphatic rings. The molecule has 3 saturated carbocycles. The minimum absolute atomic E-state index is 0.503. The van der Waals surface area contributed by atoms with Crippen LogP contribution in [0.1, 0.15) is 77.6 Å². The molecule has 0 radical (unpaired) electrons. The first kappa shape index (κ1) is 14.8. The Morgan fingerprint density at radius 2 is 1.70 bits per heavy atom. The average Bonchev–Trinajstić information content (AvgIpc) is 2.52. The average molecular weight is 279 g/mol. The molecule has 0 heterocycles. The van der Waals surface area contributed by atoms with Gasteiger partial charge in [0.25, 0.3) is 0 Å². The van der Waals surface area contributed by atoms with Gasteiger partial charge in [-0.25, -0.2) is 0 Å². The lowest BCUT2D eigenvalue weighted by Crippen LogP contribution is -2.64. The van der Waals surface area contributed by atoms with Gasteiger partial charge in [0.1, 0.15) is 0 Å². The third-order valence-corrected chi connectivity index (χ3v) is 6.28. The van der Waals surface area contributed by atoms with Crippen molar-refractivity contribution in [3.05, 3.63) is 0 Å². The van der Waals surface area contributed by atoms with E-state index in [-0.39, 0.29) is 0 Å². The number of rotatable bonds is 5. The summed E-state index contributed by atoms with van der Waals surface area (Å²) >= 11 is 0. The van der Waals surface area contributed by atoms with Gasteiger partial charge < -0.3 is 10.1 Å². The molecular formula is C18H33NO. The van der Waals surface area contributed by atoms with Gasteiger partial charge in [0.15, 0.2) is 0 Å². The van der Waals surface area contributed by atoms with Crippen molar-refractivity contribution in [3.8, 4) is 0 Å². The van der Waals surface area contributed by atoms with Crippen LogP contribution in [-0.2, 0) is 4.74 Å². The normalized spacial score (nSPS) is 34.0. The minimum atomic E-state index is 0.503. The highest BCUT2D eigenvalue weighted by molar-refractivity contribution is 5.08. The van der Waals surface area contributed by atoms with Crippen LogP contribution < -0.4 is 5.32 Å². The number of nitrogens with one attached hydrogen (secondary N) is 1. The number of hydrogen-bond acceptors (Lipinski definition) is 2. The van der Waals surface area contributed by atoms with Crippen LogP contribution in [-0.4, -0.2) is 25.3 Å². The molecule has 1 N–H and O–H groups in total. The summed E-state index contributed by atoms with van der Waals surface area (Å²) in [7, 11) is 0. The topological polar surface area (TPSA) is 21.3 Å². The quantitative estimate of drug-likeness (QED) is 0.811. The van der Waals surface area contributed by atoms with Crippen molar-refractivity contribution in [2.45, 2.75) is 89.7 Å². The summed E-state index contributed by atoms with van der Waals surface area (Å²) in [6.45, 7) is 4.40. The zero-order chi connectivity index (χ0) is 13.8. The molecule has 0 amide bonds. The van der Waals surface area contributed by atoms with E-state index in [1.165, 1.54) is 70.6 Å². The van der Waals surface area contributed by atoms with Crippen molar-refractivity contribution in [1.82, 2.24) is 5.32 Å². The van der Waals surface area contributed by atoms with Gasteiger partial charge in [-0.3, -0.25) is 0 Å². The van der Waals surface area contributed by atoms with Gasteiger partial charge >= 0.3 is 0 Å². The molecule has 3 rings (SSSR count). The van der Waals surface area contributed by atoms with Gasteiger partial charge in [0, 0.05) is 18.1 Å². The van der Waals surface area contributed by atoms with Gasteiger partial charge in [0.2, 0.25) is 0 Å². The van der Waals surface area contributed by atoms with Crippen LogP contribution in [0.3, 0.4) is 0 Å². The second-order valence-corrected chi connectivity index (χ2v) is 7.47. The van der Waals surface area contributed by atoms with E-state index in [9.17, 15) is 0 Å². The molecule has 1 spiro atoms. The Bertz CT molecular complexity index is 292. The summed E-state index contributed by atoms with van der Waals surface area (Å²) in [5.41, 5.74) is 0.503. The highest BCUT2D eigenvalue weighted by atomic mass is 16.5. The van der Waals surface area contributed by atoms with E-state index in [0.29, 0.717) is 11.5 Å². The number of hydrogen-bond donors (Lipinski definition) is 1. The first-order chi connectivity index (χ1) is 9.85. The Hall–Kier alpha value is -0.0800. The molecule has 2 heteroatoms. The van der Waals surface area contributed by atoms with Crippen molar-refractivity contribution in [1.29, 1.82) is 0 Å². The molecule has 0 aliphatic heterocycles. The van der Waals surface area contributed by atoms with Crippen LogP contribution in [0.5, 0.6) is 0 Å². The smallest absolute Gasteiger partial charge is 0.0661 e. The Morgan fingerprint density at radius 3 is 2.40 bits per heavy atom. The van der Waals surface area contributed by atoms with E-state index in [1.807, 2.05) is 0 Å². The number of ether oxygens (including phenoxy) is 1. The molecule has 0 bridgehead atoms. The zero-order valence-corrected chi connectivity index (χ0v) is 13.3. The molecule has 2 nitrogen and oxygen atoms in total. The van der Waals surface area contributed by atoms with Crippen LogP contribution in [0, 0.1) is 11.3 Å². The molecule has 0 saturated heterocycles. The first-order valence-electron chi connectivity index (χ1n) is 9.20. The molecule has 0 aromatic rings. The molecule has 20 heavy (non-hydrogen) atoms. The second-order valence-electron chi connectivity index (χ2n) is 7.47. The maximum atomic E-state index is 6.45. The van der Waals surface area contributed by atoms with Crippen LogP contribution in [0.2, 0.25) is 0 Å². The zero-order valence-electron chi connectivity index (χ0n) is 13.3. The lowest BCUT2D eigenvalue weighted by atomic mass is 9.55. The van der Waals surface area contributed by atoms with E-state index >= 15 is 0 Å². The molecular weight excluding hydrogens is 246 g/mol. The van der Waals surface area contributed by atoms with Gasteiger partial charge in [-0.05, 0) is 44.6 Å². The van der Waals surface area contributed by atoms with Crippen LogP contribution in [0.15, 0.2) is 0 Å². The Morgan fingerprint density at radius 1 is 1.00 bits per heavy atom. The predicted octanol–water partition coefficient (Wildman–Crippen LogP) is 4.28. The van der Waals surface area contributed by atoms with Gasteiger partial charge in [0.05, 0.1) is 6.10 Å². The second kappa shape index (κ2) is 6.79. The summed E-state index contributed by atoms with van der Waals surface area (Å²) < 4.78 is 6.45. The van der Waals surface area contributed by atoms with Crippen molar-refractivity contribution in [2.24, 2.45) is 11.3 Å². The third kappa shape index (κ3) is 2.92. The van der Waals surface area contributed by atoms with Crippen molar-refractivity contribution < 1.29 is 4.74 Å². The highest BCUT2D eigenvalue weighted by Gasteiger charge is 2.55. The van der Waals surface area contributed by atoms with Crippen molar-refractivity contribution in [3.63, 3.8) is 0 Å².